The van der Waals surface area contributed by atoms with E-state index in [1.165, 1.54) is 17.8 Å². The molecule has 2 heterocycles. The number of hydrogen-bond donors (Lipinski definition) is 1. The van der Waals surface area contributed by atoms with Crippen LogP contribution in [0.2, 0.25) is 0 Å². The first-order chi connectivity index (χ1) is 9.25. The van der Waals surface area contributed by atoms with E-state index in [-0.39, 0.29) is 11.4 Å². The number of nitrogens with one attached hydrogen (secondary N) is 1. The van der Waals surface area contributed by atoms with Crippen LogP contribution in [0, 0.1) is 0 Å². The predicted molar refractivity (Wildman–Crippen MR) is 74.7 cm³/mol. The van der Waals surface area contributed by atoms with Crippen LogP contribution in [0.1, 0.15) is 36.7 Å². The van der Waals surface area contributed by atoms with Crippen molar-refractivity contribution in [3.63, 3.8) is 0 Å². The predicted octanol–water partition coefficient (Wildman–Crippen LogP) is 1.97. The number of carbonyl (C=O) groups excluding carboxylic acids is 1. The Balaban J connectivity index is 1.77. The summed E-state index contributed by atoms with van der Waals surface area (Å²) in [5.41, 5.74) is 0.520. The van der Waals surface area contributed by atoms with Gasteiger partial charge in [0.25, 0.3) is 5.91 Å². The number of thiazole rings is 1. The van der Waals surface area contributed by atoms with Gasteiger partial charge in [-0.15, -0.1) is 11.3 Å². The average molecular weight is 281 g/mol. The number of hydrogen-bond acceptors (Lipinski definition) is 5. The maximum atomic E-state index is 12.6. The van der Waals surface area contributed by atoms with Crippen LogP contribution < -0.4 is 5.32 Å². The van der Waals surface area contributed by atoms with Crippen LogP contribution in [-0.4, -0.2) is 47.6 Å². The van der Waals surface area contributed by atoms with Crippen LogP contribution in [-0.2, 0) is 4.74 Å². The molecule has 1 N–H and O–H groups in total. The Bertz CT molecular complexity index is 470. The molecule has 19 heavy (non-hydrogen) atoms. The van der Waals surface area contributed by atoms with E-state index in [9.17, 15) is 4.79 Å². The normalized spacial score (nSPS) is 21.2. The quantitative estimate of drug-likeness (QED) is 0.920. The highest BCUT2D eigenvalue weighted by molar-refractivity contribution is 7.13. The molecule has 0 bridgehead atoms. The molecule has 1 aliphatic heterocycles. The number of anilines is 1. The van der Waals surface area contributed by atoms with E-state index in [4.69, 9.17) is 4.74 Å². The van der Waals surface area contributed by atoms with Crippen LogP contribution in [0.3, 0.4) is 0 Å². The first-order valence-electron chi connectivity index (χ1n) is 6.84. The van der Waals surface area contributed by atoms with Crippen molar-refractivity contribution in [3.8, 4) is 0 Å². The maximum Gasteiger partial charge on any atom is 0.274 e. The lowest BCUT2D eigenvalue weighted by Crippen LogP contribution is -2.62. The smallest absolute Gasteiger partial charge is 0.274 e. The van der Waals surface area contributed by atoms with Crippen molar-refractivity contribution >= 4 is 22.4 Å². The second-order valence-electron chi connectivity index (χ2n) is 5.16. The maximum absolute atomic E-state index is 12.6. The molecule has 2 aliphatic rings. The highest BCUT2D eigenvalue weighted by atomic mass is 32.1. The van der Waals surface area contributed by atoms with E-state index in [0.717, 1.165) is 24.5 Å². The number of amides is 1. The molecule has 0 radical (unpaired) electrons. The van der Waals surface area contributed by atoms with Crippen molar-refractivity contribution in [1.29, 1.82) is 0 Å². The molecule has 2 fully saturated rings. The summed E-state index contributed by atoms with van der Waals surface area (Å²) in [5.74, 6) is 0.0587. The Labute approximate surface area is 117 Å². The lowest BCUT2D eigenvalue weighted by Gasteiger charge is -2.52. The van der Waals surface area contributed by atoms with Gasteiger partial charge in [-0.1, -0.05) is 0 Å². The monoisotopic (exact) mass is 281 g/mol. The van der Waals surface area contributed by atoms with Crippen molar-refractivity contribution in [1.82, 2.24) is 9.88 Å². The van der Waals surface area contributed by atoms with Crippen molar-refractivity contribution in [2.45, 2.75) is 31.7 Å². The van der Waals surface area contributed by atoms with Crippen LogP contribution in [0.4, 0.5) is 5.13 Å². The van der Waals surface area contributed by atoms with Gasteiger partial charge in [0.1, 0.15) is 5.69 Å². The zero-order chi connectivity index (χ0) is 13.3. The summed E-state index contributed by atoms with van der Waals surface area (Å²) in [4.78, 5) is 19.0. The van der Waals surface area contributed by atoms with Crippen molar-refractivity contribution < 1.29 is 9.53 Å². The molecule has 1 amide bonds. The molecule has 1 aromatic heterocycles. The van der Waals surface area contributed by atoms with Gasteiger partial charge < -0.3 is 15.0 Å². The van der Waals surface area contributed by atoms with Crippen LogP contribution in [0.25, 0.3) is 0 Å². The molecule has 3 rings (SSSR count). The Kier molecular flexibility index (Phi) is 3.45. The van der Waals surface area contributed by atoms with Gasteiger partial charge in [-0.05, 0) is 26.2 Å². The van der Waals surface area contributed by atoms with E-state index < -0.39 is 0 Å². The standard InChI is InChI=1S/C13H19N3O2S/c1-2-14-12-15-10(8-19-12)11(17)16-6-7-18-9-13(16)4-3-5-13/h8H,2-7,9H2,1H3,(H,14,15). The Morgan fingerprint density at radius 2 is 2.47 bits per heavy atom. The summed E-state index contributed by atoms with van der Waals surface area (Å²) >= 11 is 1.49. The van der Waals surface area contributed by atoms with Gasteiger partial charge in [0.15, 0.2) is 5.13 Å². The fourth-order valence-corrected chi connectivity index (χ4v) is 3.55. The topological polar surface area (TPSA) is 54.5 Å². The summed E-state index contributed by atoms with van der Waals surface area (Å²) < 4.78 is 5.56. The highest BCUT2D eigenvalue weighted by Gasteiger charge is 2.47. The summed E-state index contributed by atoms with van der Waals surface area (Å²) in [6.07, 6.45) is 3.30. The van der Waals surface area contributed by atoms with E-state index in [2.05, 4.69) is 10.3 Å². The van der Waals surface area contributed by atoms with Gasteiger partial charge in [0.05, 0.1) is 18.8 Å². The molecule has 104 valence electrons. The third-order valence-corrected chi connectivity index (χ3v) is 4.78. The zero-order valence-corrected chi connectivity index (χ0v) is 12.0. The molecule has 0 aromatic carbocycles. The highest BCUT2D eigenvalue weighted by Crippen LogP contribution is 2.40. The number of morpholine rings is 1. The van der Waals surface area contributed by atoms with Crippen molar-refractivity contribution in [3.05, 3.63) is 11.1 Å². The SMILES string of the molecule is CCNc1nc(C(=O)N2CCOCC23CCC3)cs1. The fraction of sp³-hybridized carbons (Fsp3) is 0.692. The summed E-state index contributed by atoms with van der Waals surface area (Å²) in [5, 5.41) is 5.82. The number of rotatable bonds is 3. The van der Waals surface area contributed by atoms with Crippen LogP contribution >= 0.6 is 11.3 Å². The molecular formula is C13H19N3O2S. The molecular weight excluding hydrogens is 262 g/mol. The van der Waals surface area contributed by atoms with Crippen LogP contribution in [0.15, 0.2) is 5.38 Å². The third kappa shape index (κ3) is 2.23. The van der Waals surface area contributed by atoms with Gasteiger partial charge in [0.2, 0.25) is 0 Å². The minimum Gasteiger partial charge on any atom is -0.377 e. The first kappa shape index (κ1) is 12.9. The molecule has 6 heteroatoms. The minimum atomic E-state index is -0.0443. The van der Waals surface area contributed by atoms with Gasteiger partial charge in [-0.2, -0.15) is 0 Å². The molecule has 1 spiro atoms. The number of nitrogens with zero attached hydrogens (tertiary/aromatic N) is 2. The summed E-state index contributed by atoms with van der Waals surface area (Å²) in [6, 6.07) is 0. The summed E-state index contributed by atoms with van der Waals surface area (Å²) in [6.45, 7) is 4.85. The number of aromatic nitrogens is 1. The van der Waals surface area contributed by atoms with E-state index in [1.54, 1.807) is 0 Å². The molecule has 0 unspecified atom stereocenters. The van der Waals surface area contributed by atoms with Gasteiger partial charge >= 0.3 is 0 Å². The number of carbonyl (C=O) groups is 1. The number of ether oxygens (including phenoxy) is 1. The molecule has 1 aliphatic carbocycles. The fourth-order valence-electron chi connectivity index (χ4n) is 2.79. The molecule has 1 saturated heterocycles. The zero-order valence-electron chi connectivity index (χ0n) is 11.1. The van der Waals surface area contributed by atoms with Crippen molar-refractivity contribution in [2.24, 2.45) is 0 Å². The summed E-state index contributed by atoms with van der Waals surface area (Å²) in [7, 11) is 0. The lowest BCUT2D eigenvalue weighted by atomic mass is 9.75. The Hall–Kier alpha value is -1.14. The van der Waals surface area contributed by atoms with Crippen LogP contribution in [0.5, 0.6) is 0 Å². The van der Waals surface area contributed by atoms with E-state index in [1.807, 2.05) is 17.2 Å². The lowest BCUT2D eigenvalue weighted by molar-refractivity contribution is -0.0879. The minimum absolute atomic E-state index is 0.0443. The van der Waals surface area contributed by atoms with Gasteiger partial charge in [-0.3, -0.25) is 4.79 Å². The third-order valence-electron chi connectivity index (χ3n) is 3.98. The molecule has 1 aromatic rings. The second-order valence-corrected chi connectivity index (χ2v) is 6.01. The molecule has 1 saturated carbocycles. The molecule has 5 nitrogen and oxygen atoms in total. The second kappa shape index (κ2) is 5.09. The Morgan fingerprint density at radius 3 is 3.16 bits per heavy atom. The Morgan fingerprint density at radius 1 is 1.63 bits per heavy atom. The van der Waals surface area contributed by atoms with Gasteiger partial charge in [0, 0.05) is 18.5 Å². The van der Waals surface area contributed by atoms with Crippen molar-refractivity contribution in [2.75, 3.05) is 31.6 Å². The van der Waals surface area contributed by atoms with Gasteiger partial charge in [-0.25, -0.2) is 4.98 Å². The average Bonchev–Trinajstić information content (AvgIpc) is 2.85. The van der Waals surface area contributed by atoms with E-state index >= 15 is 0 Å². The van der Waals surface area contributed by atoms with E-state index in [0.29, 0.717) is 25.5 Å². The molecule has 0 atom stereocenters. The largest absolute Gasteiger partial charge is 0.377 e. The first-order valence-corrected chi connectivity index (χ1v) is 7.72.